The molecular weight excluding hydrogens is 316 g/mol. The van der Waals surface area contributed by atoms with Gasteiger partial charge in [-0.25, -0.2) is 9.97 Å². The molecule has 0 saturated heterocycles. The van der Waals surface area contributed by atoms with E-state index in [2.05, 4.69) is 28.2 Å². The summed E-state index contributed by atoms with van der Waals surface area (Å²) in [6, 6.07) is 14.3. The molecule has 2 aromatic heterocycles. The van der Waals surface area contributed by atoms with Gasteiger partial charge >= 0.3 is 0 Å². The van der Waals surface area contributed by atoms with Crippen LogP contribution in [0.1, 0.15) is 4.88 Å². The van der Waals surface area contributed by atoms with Crippen molar-refractivity contribution in [3.63, 3.8) is 0 Å². The quantitative estimate of drug-likeness (QED) is 0.545. The molecule has 0 atom stereocenters. The van der Waals surface area contributed by atoms with E-state index in [1.807, 2.05) is 24.3 Å². The monoisotopic (exact) mass is 326 g/mol. The van der Waals surface area contributed by atoms with E-state index in [0.29, 0.717) is 5.15 Å². The number of aliphatic hydroxyl groups is 1. The number of hydrogen-bond donors (Lipinski definition) is 1. The molecule has 0 aliphatic heterocycles. The predicted octanol–water partition coefficient (Wildman–Crippen LogP) is 4.66. The van der Waals surface area contributed by atoms with Crippen molar-refractivity contribution in [1.82, 2.24) is 9.97 Å². The highest BCUT2D eigenvalue weighted by molar-refractivity contribution is 7.19. The Morgan fingerprint density at radius 3 is 2.73 bits per heavy atom. The Kier molecular flexibility index (Phi) is 3.30. The van der Waals surface area contributed by atoms with Gasteiger partial charge in [-0.2, -0.15) is 0 Å². The predicted molar refractivity (Wildman–Crippen MR) is 91.3 cm³/mol. The van der Waals surface area contributed by atoms with Crippen molar-refractivity contribution in [2.45, 2.75) is 6.61 Å². The van der Waals surface area contributed by atoms with Crippen LogP contribution < -0.4 is 0 Å². The second-order valence-corrected chi connectivity index (χ2v) is 6.37. The van der Waals surface area contributed by atoms with Gasteiger partial charge in [-0.05, 0) is 16.3 Å². The molecule has 0 saturated carbocycles. The van der Waals surface area contributed by atoms with Crippen LogP contribution in [0.4, 0.5) is 0 Å². The highest BCUT2D eigenvalue weighted by atomic mass is 35.5. The van der Waals surface area contributed by atoms with Crippen LogP contribution in [0.2, 0.25) is 5.15 Å². The number of hydrogen-bond acceptors (Lipinski definition) is 4. The first-order valence-corrected chi connectivity index (χ1v) is 8.00. The zero-order valence-corrected chi connectivity index (χ0v) is 13.0. The van der Waals surface area contributed by atoms with Crippen LogP contribution in [0, 0.1) is 0 Å². The third kappa shape index (κ3) is 2.00. The largest absolute Gasteiger partial charge is 0.391 e. The lowest BCUT2D eigenvalue weighted by molar-refractivity contribution is 0.286. The molecule has 108 valence electrons. The topological polar surface area (TPSA) is 46.0 Å². The van der Waals surface area contributed by atoms with E-state index in [4.69, 9.17) is 11.6 Å². The Morgan fingerprint density at radius 2 is 1.86 bits per heavy atom. The molecule has 0 amide bonds. The van der Waals surface area contributed by atoms with Crippen LogP contribution in [-0.2, 0) is 6.61 Å². The van der Waals surface area contributed by atoms with E-state index < -0.39 is 0 Å². The number of aromatic nitrogens is 2. The molecular formula is C17H11ClN2OS. The van der Waals surface area contributed by atoms with Crippen molar-refractivity contribution in [2.75, 3.05) is 0 Å². The zero-order valence-electron chi connectivity index (χ0n) is 11.5. The highest BCUT2D eigenvalue weighted by Crippen LogP contribution is 2.42. The number of fused-ring (bicyclic) bond motifs is 2. The number of halogens is 1. The maximum absolute atomic E-state index is 9.76. The lowest BCUT2D eigenvalue weighted by Gasteiger charge is -2.08. The first kappa shape index (κ1) is 13.6. The summed E-state index contributed by atoms with van der Waals surface area (Å²) in [5.74, 6) is 0. The van der Waals surface area contributed by atoms with E-state index in [9.17, 15) is 5.11 Å². The van der Waals surface area contributed by atoms with Gasteiger partial charge in [0.25, 0.3) is 0 Å². The summed E-state index contributed by atoms with van der Waals surface area (Å²) < 4.78 is 0. The molecule has 0 aliphatic carbocycles. The van der Waals surface area contributed by atoms with Gasteiger partial charge in [0.1, 0.15) is 16.3 Å². The van der Waals surface area contributed by atoms with Crippen LogP contribution >= 0.6 is 22.9 Å². The van der Waals surface area contributed by atoms with Gasteiger partial charge in [0.05, 0.1) is 12.0 Å². The van der Waals surface area contributed by atoms with Crippen molar-refractivity contribution in [3.05, 3.63) is 58.8 Å². The third-order valence-electron chi connectivity index (χ3n) is 3.72. The molecule has 1 N–H and O–H groups in total. The number of rotatable bonds is 2. The first-order chi connectivity index (χ1) is 10.8. The number of nitrogens with zero attached hydrogens (tertiary/aromatic N) is 2. The number of aliphatic hydroxyl groups excluding tert-OH is 1. The second-order valence-electron chi connectivity index (χ2n) is 4.93. The minimum atomic E-state index is -0.0457. The fourth-order valence-electron chi connectivity index (χ4n) is 2.78. The summed E-state index contributed by atoms with van der Waals surface area (Å²) >= 11 is 7.76. The Bertz CT molecular complexity index is 991. The normalized spacial score (nSPS) is 11.4. The lowest BCUT2D eigenvalue weighted by Crippen LogP contribution is -1.87. The Labute approximate surface area is 135 Å². The SMILES string of the molecule is OCc1sc2ncnc(Cl)c2c1-c1cccc2ccccc12. The minimum Gasteiger partial charge on any atom is -0.391 e. The standard InChI is InChI=1S/C17H11ClN2OS/c18-16-15-14(13(8-21)22-17(15)20-9-19-16)12-7-3-5-10-4-1-2-6-11(10)12/h1-7,9,21H,8H2. The second kappa shape index (κ2) is 5.32. The van der Waals surface area contributed by atoms with Crippen LogP contribution in [0.15, 0.2) is 48.8 Å². The minimum absolute atomic E-state index is 0.0457. The fourth-order valence-corrected chi connectivity index (χ4v) is 4.08. The Morgan fingerprint density at radius 1 is 1.05 bits per heavy atom. The fraction of sp³-hybridized carbons (Fsp3) is 0.0588. The maximum Gasteiger partial charge on any atom is 0.141 e. The molecule has 4 rings (SSSR count). The van der Waals surface area contributed by atoms with Crippen LogP contribution in [0.25, 0.3) is 32.1 Å². The van der Waals surface area contributed by atoms with Crippen molar-refractivity contribution in [2.24, 2.45) is 0 Å². The van der Waals surface area contributed by atoms with Crippen LogP contribution in [0.3, 0.4) is 0 Å². The molecule has 0 aliphatic rings. The van der Waals surface area contributed by atoms with Gasteiger partial charge in [0.15, 0.2) is 0 Å². The van der Waals surface area contributed by atoms with Crippen molar-refractivity contribution in [1.29, 1.82) is 0 Å². The van der Waals surface area contributed by atoms with E-state index in [-0.39, 0.29) is 6.61 Å². The molecule has 0 radical (unpaired) electrons. The molecule has 4 aromatic rings. The van der Waals surface area contributed by atoms with Crippen molar-refractivity contribution < 1.29 is 5.11 Å². The summed E-state index contributed by atoms with van der Waals surface area (Å²) in [7, 11) is 0. The van der Waals surface area contributed by atoms with Gasteiger partial charge in [-0.3, -0.25) is 0 Å². The molecule has 0 bridgehead atoms. The van der Waals surface area contributed by atoms with Gasteiger partial charge in [-0.1, -0.05) is 54.1 Å². The Balaban J connectivity index is 2.16. The van der Waals surface area contributed by atoms with Crippen molar-refractivity contribution in [3.8, 4) is 11.1 Å². The molecule has 2 aromatic carbocycles. The summed E-state index contributed by atoms with van der Waals surface area (Å²) in [5.41, 5.74) is 1.98. The molecule has 0 unspecified atom stereocenters. The van der Waals surface area contributed by atoms with E-state index in [1.165, 1.54) is 17.7 Å². The van der Waals surface area contributed by atoms with E-state index >= 15 is 0 Å². The van der Waals surface area contributed by atoms with Gasteiger partial charge < -0.3 is 5.11 Å². The number of benzene rings is 2. The van der Waals surface area contributed by atoms with Crippen LogP contribution in [0.5, 0.6) is 0 Å². The summed E-state index contributed by atoms with van der Waals surface area (Å²) in [4.78, 5) is 10.0. The molecule has 2 heterocycles. The molecule has 0 fully saturated rings. The molecule has 5 heteroatoms. The molecule has 0 spiro atoms. The van der Waals surface area contributed by atoms with Gasteiger partial charge in [0.2, 0.25) is 0 Å². The summed E-state index contributed by atoms with van der Waals surface area (Å²) in [6.45, 7) is -0.0457. The van der Waals surface area contributed by atoms with Gasteiger partial charge in [-0.15, -0.1) is 11.3 Å². The van der Waals surface area contributed by atoms with Crippen LogP contribution in [-0.4, -0.2) is 15.1 Å². The summed E-state index contributed by atoms with van der Waals surface area (Å²) in [6.07, 6.45) is 1.45. The average molecular weight is 327 g/mol. The van der Waals surface area contributed by atoms with Gasteiger partial charge in [0, 0.05) is 10.4 Å². The van der Waals surface area contributed by atoms with E-state index in [1.54, 1.807) is 0 Å². The third-order valence-corrected chi connectivity index (χ3v) is 5.09. The highest BCUT2D eigenvalue weighted by Gasteiger charge is 2.19. The number of thiophene rings is 1. The molecule has 3 nitrogen and oxygen atoms in total. The van der Waals surface area contributed by atoms with E-state index in [0.717, 1.165) is 37.0 Å². The molecule has 22 heavy (non-hydrogen) atoms. The smallest absolute Gasteiger partial charge is 0.141 e. The lowest BCUT2D eigenvalue weighted by atomic mass is 9.97. The first-order valence-electron chi connectivity index (χ1n) is 6.80. The average Bonchev–Trinajstić information content (AvgIpc) is 2.94. The Hall–Kier alpha value is -2.01. The summed E-state index contributed by atoms with van der Waals surface area (Å²) in [5, 5.41) is 13.3. The van der Waals surface area contributed by atoms with Crippen molar-refractivity contribution >= 4 is 43.9 Å². The zero-order chi connectivity index (χ0) is 15.1. The maximum atomic E-state index is 9.76.